The molecule has 0 radical (unpaired) electrons. The van der Waals surface area contributed by atoms with Crippen molar-refractivity contribution in [3.8, 4) is 0 Å². The van der Waals surface area contributed by atoms with Crippen molar-refractivity contribution in [2.75, 3.05) is 0 Å². The van der Waals surface area contributed by atoms with Crippen LogP contribution in [0.4, 0.5) is 0 Å². The molecular weight excluding hydrogens is 254 g/mol. The molecule has 0 spiro atoms. The molecule has 0 unspecified atom stereocenters. The molecule has 17 heavy (non-hydrogen) atoms. The number of carbonyl (C=O) groups is 1. The highest BCUT2D eigenvalue weighted by atomic mass is 35.5. The van der Waals surface area contributed by atoms with E-state index in [2.05, 4.69) is 17.5 Å². The average Bonchev–Trinajstić information content (AvgIpc) is 2.89. The van der Waals surface area contributed by atoms with Crippen LogP contribution in [0.5, 0.6) is 0 Å². The van der Waals surface area contributed by atoms with E-state index in [0.717, 1.165) is 22.1 Å². The second-order valence-electron chi connectivity index (χ2n) is 4.40. The van der Waals surface area contributed by atoms with Gasteiger partial charge in [-0.1, -0.05) is 23.8 Å². The third-order valence-corrected chi connectivity index (χ3v) is 4.37. The van der Waals surface area contributed by atoms with Gasteiger partial charge < -0.3 is 5.32 Å². The van der Waals surface area contributed by atoms with E-state index in [4.69, 9.17) is 11.6 Å². The maximum absolute atomic E-state index is 11.8. The number of rotatable bonds is 4. The van der Waals surface area contributed by atoms with E-state index in [1.165, 1.54) is 11.3 Å². The number of hydrogen-bond donors (Lipinski definition) is 1. The molecule has 0 aliphatic heterocycles. The molecule has 1 heterocycles. The summed E-state index contributed by atoms with van der Waals surface area (Å²) in [5, 5.41) is 3.02. The van der Waals surface area contributed by atoms with E-state index in [1.54, 1.807) is 0 Å². The van der Waals surface area contributed by atoms with Crippen molar-refractivity contribution in [2.24, 2.45) is 5.92 Å². The van der Waals surface area contributed by atoms with Gasteiger partial charge in [-0.3, -0.25) is 4.79 Å². The molecule has 2 nitrogen and oxygen atoms in total. The minimum Gasteiger partial charge on any atom is -0.349 e. The molecule has 2 rings (SSSR count). The van der Waals surface area contributed by atoms with Crippen molar-refractivity contribution in [3.05, 3.63) is 33.5 Å². The van der Waals surface area contributed by atoms with E-state index >= 15 is 0 Å². The van der Waals surface area contributed by atoms with E-state index < -0.39 is 0 Å². The van der Waals surface area contributed by atoms with Gasteiger partial charge in [0.2, 0.25) is 5.91 Å². The van der Waals surface area contributed by atoms with Gasteiger partial charge in [-0.25, -0.2) is 0 Å². The first-order valence-electron chi connectivity index (χ1n) is 5.86. The van der Waals surface area contributed by atoms with Crippen LogP contribution in [-0.2, 0) is 4.79 Å². The number of nitrogens with one attached hydrogen (secondary N) is 1. The van der Waals surface area contributed by atoms with Crippen molar-refractivity contribution in [3.63, 3.8) is 0 Å². The Hall–Kier alpha value is -0.800. The van der Waals surface area contributed by atoms with Crippen LogP contribution in [0.3, 0.4) is 0 Å². The topological polar surface area (TPSA) is 29.1 Å². The van der Waals surface area contributed by atoms with Gasteiger partial charge in [0.1, 0.15) is 0 Å². The van der Waals surface area contributed by atoms with E-state index in [-0.39, 0.29) is 11.9 Å². The van der Waals surface area contributed by atoms with Crippen LogP contribution in [-0.4, -0.2) is 5.91 Å². The molecular formula is C13H16ClNOS. The van der Waals surface area contributed by atoms with E-state index in [1.807, 2.05) is 19.1 Å². The second kappa shape index (κ2) is 5.69. The van der Waals surface area contributed by atoms with Crippen molar-refractivity contribution in [1.29, 1.82) is 0 Å². The lowest BCUT2D eigenvalue weighted by Crippen LogP contribution is -2.27. The monoisotopic (exact) mass is 269 g/mol. The number of amides is 1. The fourth-order valence-electron chi connectivity index (χ4n) is 2.04. The normalized spacial score (nSPS) is 20.5. The predicted octanol–water partition coefficient (Wildman–Crippen LogP) is 3.94. The van der Waals surface area contributed by atoms with Crippen molar-refractivity contribution < 1.29 is 4.79 Å². The molecule has 0 fully saturated rings. The van der Waals surface area contributed by atoms with Crippen molar-refractivity contribution >= 4 is 28.8 Å². The Morgan fingerprint density at radius 2 is 2.47 bits per heavy atom. The van der Waals surface area contributed by atoms with Gasteiger partial charge in [-0.05, 0) is 37.8 Å². The van der Waals surface area contributed by atoms with Crippen LogP contribution < -0.4 is 5.32 Å². The summed E-state index contributed by atoms with van der Waals surface area (Å²) in [5.74, 6) is 0.549. The van der Waals surface area contributed by atoms with Gasteiger partial charge in [0.25, 0.3) is 0 Å². The molecule has 0 aromatic carbocycles. The molecule has 0 bridgehead atoms. The number of carbonyl (C=O) groups excluding carboxylic acids is 1. The molecule has 92 valence electrons. The first kappa shape index (κ1) is 12.7. The van der Waals surface area contributed by atoms with E-state index in [9.17, 15) is 4.79 Å². The minimum absolute atomic E-state index is 0.0467. The lowest BCUT2D eigenvalue weighted by molar-refractivity contribution is -0.122. The summed E-state index contributed by atoms with van der Waals surface area (Å²) >= 11 is 7.39. The van der Waals surface area contributed by atoms with E-state index in [0.29, 0.717) is 12.3 Å². The molecule has 1 aliphatic carbocycles. The zero-order chi connectivity index (χ0) is 12.3. The van der Waals surface area contributed by atoms with Crippen molar-refractivity contribution in [1.82, 2.24) is 5.32 Å². The maximum atomic E-state index is 11.8. The highest BCUT2D eigenvalue weighted by Crippen LogP contribution is 2.27. The molecule has 1 N–H and O–H groups in total. The molecule has 1 aliphatic rings. The van der Waals surface area contributed by atoms with Crippen LogP contribution in [0.2, 0.25) is 4.34 Å². The summed E-state index contributed by atoms with van der Waals surface area (Å²) in [6.45, 7) is 1.99. The van der Waals surface area contributed by atoms with Gasteiger partial charge in [0.15, 0.2) is 0 Å². The molecule has 1 amide bonds. The highest BCUT2D eigenvalue weighted by molar-refractivity contribution is 7.16. The molecule has 0 saturated carbocycles. The summed E-state index contributed by atoms with van der Waals surface area (Å²) in [5.41, 5.74) is 0. The summed E-state index contributed by atoms with van der Waals surface area (Å²) in [7, 11) is 0. The fraction of sp³-hybridized carbons (Fsp3) is 0.462. The zero-order valence-corrected chi connectivity index (χ0v) is 11.4. The Morgan fingerprint density at radius 1 is 1.65 bits per heavy atom. The van der Waals surface area contributed by atoms with Crippen LogP contribution in [0, 0.1) is 5.92 Å². The maximum Gasteiger partial charge on any atom is 0.221 e. The number of halogens is 1. The van der Waals surface area contributed by atoms with Gasteiger partial charge in [0, 0.05) is 11.3 Å². The lowest BCUT2D eigenvalue weighted by atomic mass is 10.0. The minimum atomic E-state index is 0.0467. The third-order valence-electron chi connectivity index (χ3n) is 2.96. The van der Waals surface area contributed by atoms with Crippen LogP contribution in [0.25, 0.3) is 0 Å². The zero-order valence-electron chi connectivity index (χ0n) is 9.78. The summed E-state index contributed by atoms with van der Waals surface area (Å²) in [6.07, 6.45) is 7.10. The highest BCUT2D eigenvalue weighted by Gasteiger charge is 2.16. The third kappa shape index (κ3) is 3.58. The summed E-state index contributed by atoms with van der Waals surface area (Å²) in [4.78, 5) is 12.9. The first-order chi connectivity index (χ1) is 8.15. The first-order valence-corrected chi connectivity index (χ1v) is 7.06. The van der Waals surface area contributed by atoms with Crippen molar-refractivity contribution in [2.45, 2.75) is 32.2 Å². The molecule has 1 aromatic rings. The van der Waals surface area contributed by atoms with Crippen LogP contribution in [0.1, 0.15) is 37.1 Å². The number of allylic oxidation sites excluding steroid dienone is 2. The summed E-state index contributed by atoms with van der Waals surface area (Å²) < 4.78 is 0.764. The van der Waals surface area contributed by atoms with Gasteiger partial charge in [-0.2, -0.15) is 0 Å². The quantitative estimate of drug-likeness (QED) is 0.825. The molecule has 1 aromatic heterocycles. The van der Waals surface area contributed by atoms with Crippen LogP contribution in [0.15, 0.2) is 24.3 Å². The smallest absolute Gasteiger partial charge is 0.221 e. The molecule has 0 saturated heterocycles. The van der Waals surface area contributed by atoms with Gasteiger partial charge in [0.05, 0.1) is 10.4 Å². The predicted molar refractivity (Wildman–Crippen MR) is 72.4 cm³/mol. The number of hydrogen-bond acceptors (Lipinski definition) is 2. The Balaban J connectivity index is 1.83. The largest absolute Gasteiger partial charge is 0.349 e. The Labute approximate surface area is 111 Å². The second-order valence-corrected chi connectivity index (χ2v) is 6.15. The lowest BCUT2D eigenvalue weighted by Gasteiger charge is -2.13. The van der Waals surface area contributed by atoms with Gasteiger partial charge in [-0.15, -0.1) is 11.3 Å². The standard InChI is InChI=1S/C13H16ClNOS/c1-9(11-6-7-12(14)17-11)15-13(16)8-10-4-2-3-5-10/h2,4,6-7,9-10H,3,5,8H2,1H3,(H,15,16)/t9-,10+/m1/s1. The molecule has 4 heteroatoms. The van der Waals surface area contributed by atoms with Gasteiger partial charge >= 0.3 is 0 Å². The summed E-state index contributed by atoms with van der Waals surface area (Å²) in [6, 6.07) is 3.88. The Bertz CT molecular complexity index is 427. The molecule has 2 atom stereocenters. The fourth-order valence-corrected chi connectivity index (χ4v) is 3.10. The Kier molecular flexibility index (Phi) is 4.24. The number of thiophene rings is 1. The SMILES string of the molecule is C[C@@H](NC(=O)C[C@H]1C=CCC1)c1ccc(Cl)s1. The Morgan fingerprint density at radius 3 is 3.06 bits per heavy atom. The van der Waals surface area contributed by atoms with Crippen LogP contribution >= 0.6 is 22.9 Å². The average molecular weight is 270 g/mol.